The van der Waals surface area contributed by atoms with Gasteiger partial charge in [0.25, 0.3) is 0 Å². The van der Waals surface area contributed by atoms with Gasteiger partial charge in [0.15, 0.2) is 5.90 Å². The molecule has 2 atom stereocenters. The molecule has 82 valence electrons. The molecule has 2 rings (SSSR count). The summed E-state index contributed by atoms with van der Waals surface area (Å²) in [7, 11) is 0. The van der Waals surface area contributed by atoms with Crippen molar-refractivity contribution < 1.29 is 4.74 Å². The van der Waals surface area contributed by atoms with Crippen LogP contribution in [0.5, 0.6) is 0 Å². The zero-order valence-electron chi connectivity index (χ0n) is 9.26. The van der Waals surface area contributed by atoms with Gasteiger partial charge in [-0.25, -0.2) is 4.99 Å². The predicted molar refractivity (Wildman–Crippen MR) is 62.0 cm³/mol. The second-order valence-corrected chi connectivity index (χ2v) is 3.99. The molecule has 0 saturated carbocycles. The van der Waals surface area contributed by atoms with E-state index in [2.05, 4.69) is 11.1 Å². The van der Waals surface area contributed by atoms with Crippen molar-refractivity contribution >= 4 is 5.90 Å². The van der Waals surface area contributed by atoms with E-state index in [9.17, 15) is 0 Å². The fourth-order valence-corrected chi connectivity index (χ4v) is 1.69. The van der Waals surface area contributed by atoms with Crippen LogP contribution in [-0.4, -0.2) is 12.5 Å². The lowest BCUT2D eigenvalue weighted by Crippen LogP contribution is -2.04. The number of rotatable bonds is 3. The van der Waals surface area contributed by atoms with Crippen molar-refractivity contribution in [3.8, 4) is 6.07 Å². The van der Waals surface area contributed by atoms with E-state index in [4.69, 9.17) is 10.00 Å². The van der Waals surface area contributed by atoms with Crippen LogP contribution in [0.25, 0.3) is 0 Å². The van der Waals surface area contributed by atoms with E-state index in [0.29, 0.717) is 18.9 Å². The van der Waals surface area contributed by atoms with Crippen LogP contribution >= 0.6 is 0 Å². The van der Waals surface area contributed by atoms with Crippen LogP contribution < -0.4 is 0 Å². The minimum absolute atomic E-state index is 0.0340. The Bertz CT molecular complexity index is 419. The first-order valence-electron chi connectivity index (χ1n) is 5.43. The molecule has 1 aromatic carbocycles. The van der Waals surface area contributed by atoms with Gasteiger partial charge >= 0.3 is 0 Å². The maximum atomic E-state index is 8.72. The van der Waals surface area contributed by atoms with Gasteiger partial charge in [0, 0.05) is 6.42 Å². The lowest BCUT2D eigenvalue weighted by molar-refractivity contribution is 0.309. The zero-order valence-corrected chi connectivity index (χ0v) is 9.26. The average molecular weight is 214 g/mol. The van der Waals surface area contributed by atoms with Crippen LogP contribution in [0, 0.1) is 17.2 Å². The normalized spacial score (nSPS) is 20.8. The fraction of sp³-hybridized carbons (Fsp3) is 0.385. The Morgan fingerprint density at radius 2 is 2.25 bits per heavy atom. The first-order chi connectivity index (χ1) is 7.79. The van der Waals surface area contributed by atoms with Crippen molar-refractivity contribution in [3.63, 3.8) is 0 Å². The lowest BCUT2D eigenvalue weighted by Gasteiger charge is -2.03. The highest BCUT2D eigenvalue weighted by Crippen LogP contribution is 2.24. The van der Waals surface area contributed by atoms with Crippen molar-refractivity contribution in [2.45, 2.75) is 19.4 Å². The van der Waals surface area contributed by atoms with Gasteiger partial charge in [-0.3, -0.25) is 0 Å². The third kappa shape index (κ3) is 2.40. The molecule has 1 aromatic rings. The molecule has 0 N–H and O–H groups in total. The Kier molecular flexibility index (Phi) is 3.21. The predicted octanol–water partition coefficient (Wildman–Crippen LogP) is 2.71. The van der Waals surface area contributed by atoms with Crippen LogP contribution in [0.15, 0.2) is 35.3 Å². The molecule has 3 heteroatoms. The van der Waals surface area contributed by atoms with Gasteiger partial charge in [-0.05, 0) is 12.5 Å². The first kappa shape index (κ1) is 10.7. The lowest BCUT2D eigenvalue weighted by atomic mass is 10.1. The Hall–Kier alpha value is -1.82. The Morgan fingerprint density at radius 3 is 2.94 bits per heavy atom. The van der Waals surface area contributed by atoms with Gasteiger partial charge < -0.3 is 4.74 Å². The summed E-state index contributed by atoms with van der Waals surface area (Å²) in [5, 5.41) is 8.72. The maximum Gasteiger partial charge on any atom is 0.185 e. The van der Waals surface area contributed by atoms with Gasteiger partial charge in [0.05, 0.1) is 12.0 Å². The van der Waals surface area contributed by atoms with E-state index in [1.807, 2.05) is 37.3 Å². The molecule has 1 heterocycles. The minimum atomic E-state index is -0.0340. The summed E-state index contributed by atoms with van der Waals surface area (Å²) in [4.78, 5) is 4.49. The fourth-order valence-electron chi connectivity index (χ4n) is 1.69. The van der Waals surface area contributed by atoms with E-state index in [1.165, 1.54) is 5.56 Å². The van der Waals surface area contributed by atoms with Crippen molar-refractivity contribution in [1.82, 2.24) is 0 Å². The van der Waals surface area contributed by atoms with Crippen LogP contribution in [-0.2, 0) is 4.74 Å². The van der Waals surface area contributed by atoms with Crippen molar-refractivity contribution in [1.29, 1.82) is 5.26 Å². The first-order valence-corrected chi connectivity index (χ1v) is 5.43. The summed E-state index contributed by atoms with van der Waals surface area (Å²) < 4.78 is 5.49. The average Bonchev–Trinajstić information content (AvgIpc) is 2.78. The van der Waals surface area contributed by atoms with Gasteiger partial charge in [-0.1, -0.05) is 30.3 Å². The Balaban J connectivity index is 2.04. The quantitative estimate of drug-likeness (QED) is 0.776. The molecule has 0 aliphatic carbocycles. The Labute approximate surface area is 95.4 Å². The van der Waals surface area contributed by atoms with Crippen LogP contribution in [0.3, 0.4) is 0 Å². The zero-order chi connectivity index (χ0) is 11.4. The van der Waals surface area contributed by atoms with Crippen LogP contribution in [0.2, 0.25) is 0 Å². The molecule has 16 heavy (non-hydrogen) atoms. The molecular formula is C13H14N2O. The monoisotopic (exact) mass is 214 g/mol. The highest BCUT2D eigenvalue weighted by molar-refractivity contribution is 5.78. The molecule has 0 aromatic heterocycles. The van der Waals surface area contributed by atoms with Gasteiger partial charge in [-0.2, -0.15) is 5.26 Å². The number of benzene rings is 1. The maximum absolute atomic E-state index is 8.72. The summed E-state index contributed by atoms with van der Waals surface area (Å²) >= 11 is 0. The van der Waals surface area contributed by atoms with E-state index in [0.717, 1.165) is 0 Å². The molecule has 3 nitrogen and oxygen atoms in total. The summed E-state index contributed by atoms with van der Waals surface area (Å²) in [5.41, 5.74) is 1.17. The molecule has 0 fully saturated rings. The second kappa shape index (κ2) is 4.80. The summed E-state index contributed by atoms with van der Waals surface area (Å²) in [6.45, 7) is 2.47. The van der Waals surface area contributed by atoms with Crippen molar-refractivity contribution in [2.75, 3.05) is 6.61 Å². The molecule has 0 bridgehead atoms. The largest absolute Gasteiger partial charge is 0.478 e. The minimum Gasteiger partial charge on any atom is -0.478 e. The molecule has 0 saturated heterocycles. The third-order valence-electron chi connectivity index (χ3n) is 2.59. The molecule has 0 spiro atoms. The number of nitriles is 1. The van der Waals surface area contributed by atoms with Gasteiger partial charge in [-0.15, -0.1) is 0 Å². The van der Waals surface area contributed by atoms with E-state index in [-0.39, 0.29) is 12.0 Å². The molecular weight excluding hydrogens is 200 g/mol. The Morgan fingerprint density at radius 1 is 1.50 bits per heavy atom. The number of hydrogen-bond acceptors (Lipinski definition) is 3. The summed E-state index contributed by atoms with van der Waals surface area (Å²) in [6, 6.07) is 12.4. The van der Waals surface area contributed by atoms with Gasteiger partial charge in [0.2, 0.25) is 0 Å². The van der Waals surface area contributed by atoms with Gasteiger partial charge in [0.1, 0.15) is 12.6 Å². The number of hydrogen-bond donors (Lipinski definition) is 0. The van der Waals surface area contributed by atoms with E-state index in [1.54, 1.807) is 0 Å². The van der Waals surface area contributed by atoms with Crippen LogP contribution in [0.4, 0.5) is 0 Å². The van der Waals surface area contributed by atoms with Crippen molar-refractivity contribution in [3.05, 3.63) is 35.9 Å². The summed E-state index contributed by atoms with van der Waals surface area (Å²) in [6.07, 6.45) is 0.611. The molecule has 0 radical (unpaired) electrons. The van der Waals surface area contributed by atoms with Crippen LogP contribution in [0.1, 0.15) is 24.9 Å². The highest BCUT2D eigenvalue weighted by Gasteiger charge is 2.21. The number of nitrogens with zero attached hydrogens (tertiary/aromatic N) is 2. The molecule has 0 unspecified atom stereocenters. The standard InChI is InChI=1S/C13H14N2O/c1-10(8-14)7-13-15-12(9-16-13)11-5-3-2-4-6-11/h2-6,10,12H,7,9H2,1H3/t10-,12-/m0/s1. The molecule has 0 amide bonds. The summed E-state index contributed by atoms with van der Waals surface area (Å²) in [5.74, 6) is 0.677. The topological polar surface area (TPSA) is 45.4 Å². The van der Waals surface area contributed by atoms with E-state index < -0.39 is 0 Å². The second-order valence-electron chi connectivity index (χ2n) is 3.99. The number of aliphatic imine (C=N–C) groups is 1. The molecule has 1 aliphatic heterocycles. The molecule has 1 aliphatic rings. The van der Waals surface area contributed by atoms with E-state index >= 15 is 0 Å². The number of ether oxygens (including phenoxy) is 1. The SMILES string of the molecule is C[C@H](C#N)CC1=N[C@H](c2ccccc2)CO1. The highest BCUT2D eigenvalue weighted by atomic mass is 16.5. The third-order valence-corrected chi connectivity index (χ3v) is 2.59. The smallest absolute Gasteiger partial charge is 0.185 e. The van der Waals surface area contributed by atoms with Crippen molar-refractivity contribution in [2.24, 2.45) is 10.9 Å².